The molecule has 0 aromatic heterocycles. The van der Waals surface area contributed by atoms with Crippen molar-refractivity contribution in [3.05, 3.63) is 54.2 Å². The van der Waals surface area contributed by atoms with Crippen molar-refractivity contribution in [1.29, 1.82) is 0 Å². The molecule has 110 valence electrons. The predicted molar refractivity (Wildman–Crippen MR) is 88.5 cm³/mol. The number of hydrogen-bond donors (Lipinski definition) is 1. The first-order valence-corrected chi connectivity index (χ1v) is 7.64. The molecular weight excluding hydrogens is 258 g/mol. The molecule has 2 nitrogen and oxygen atoms in total. The lowest BCUT2D eigenvalue weighted by Gasteiger charge is -2.26. The molecule has 21 heavy (non-hydrogen) atoms. The van der Waals surface area contributed by atoms with Gasteiger partial charge in [-0.15, -0.1) is 0 Å². The standard InChI is InChI=1S/C19H23NO/c1-4-20(3)12-17-9-16-11-18(21)10-15-7-5-6-14(19(15)16)8-13(17)2/h4-7,10-11,13,17,21H,1,8-9,12H2,2-3H3. The molecule has 1 N–H and O–H groups in total. The van der Waals surface area contributed by atoms with E-state index in [2.05, 4.69) is 43.6 Å². The average molecular weight is 281 g/mol. The van der Waals surface area contributed by atoms with E-state index in [0.29, 0.717) is 17.6 Å². The molecule has 2 aromatic carbocycles. The summed E-state index contributed by atoms with van der Waals surface area (Å²) in [6.45, 7) is 7.20. The summed E-state index contributed by atoms with van der Waals surface area (Å²) in [5.74, 6) is 1.57. The van der Waals surface area contributed by atoms with Gasteiger partial charge in [0.2, 0.25) is 0 Å². The highest BCUT2D eigenvalue weighted by atomic mass is 16.3. The SMILES string of the molecule is C=CN(C)CC1Cc2cc(O)cc3cccc(c23)CC1C. The fourth-order valence-corrected chi connectivity index (χ4v) is 3.60. The molecule has 0 spiro atoms. The predicted octanol–water partition coefficient (Wildman–Crippen LogP) is 3.97. The number of nitrogens with zero attached hydrogens (tertiary/aromatic N) is 1. The number of benzene rings is 2. The largest absolute Gasteiger partial charge is 0.508 e. The highest BCUT2D eigenvalue weighted by Gasteiger charge is 2.25. The van der Waals surface area contributed by atoms with Gasteiger partial charge in [-0.3, -0.25) is 0 Å². The van der Waals surface area contributed by atoms with Crippen LogP contribution in [0, 0.1) is 11.8 Å². The molecule has 0 fully saturated rings. The first-order chi connectivity index (χ1) is 10.1. The molecule has 0 bridgehead atoms. The van der Waals surface area contributed by atoms with E-state index in [1.165, 1.54) is 16.5 Å². The zero-order valence-corrected chi connectivity index (χ0v) is 12.8. The zero-order chi connectivity index (χ0) is 15.0. The van der Waals surface area contributed by atoms with Crippen LogP contribution in [0.5, 0.6) is 5.75 Å². The maximum Gasteiger partial charge on any atom is 0.116 e. The normalized spacial score (nSPS) is 21.0. The van der Waals surface area contributed by atoms with Crippen LogP contribution in [0.25, 0.3) is 10.8 Å². The first kappa shape index (κ1) is 14.0. The third-order valence-electron chi connectivity index (χ3n) is 4.79. The molecule has 0 heterocycles. The van der Waals surface area contributed by atoms with Crippen molar-refractivity contribution in [2.24, 2.45) is 11.8 Å². The second kappa shape index (κ2) is 5.44. The van der Waals surface area contributed by atoms with Crippen molar-refractivity contribution >= 4 is 10.8 Å². The van der Waals surface area contributed by atoms with Gasteiger partial charge in [0, 0.05) is 13.6 Å². The molecule has 0 amide bonds. The van der Waals surface area contributed by atoms with Gasteiger partial charge in [0.15, 0.2) is 0 Å². The summed E-state index contributed by atoms with van der Waals surface area (Å²) >= 11 is 0. The molecule has 0 saturated carbocycles. The number of aromatic hydroxyl groups is 1. The molecule has 1 aliphatic carbocycles. The second-order valence-corrected chi connectivity index (χ2v) is 6.39. The molecule has 0 saturated heterocycles. The topological polar surface area (TPSA) is 23.5 Å². The van der Waals surface area contributed by atoms with Gasteiger partial charge < -0.3 is 10.0 Å². The van der Waals surface area contributed by atoms with Crippen LogP contribution < -0.4 is 0 Å². The Morgan fingerprint density at radius 1 is 1.29 bits per heavy atom. The fraction of sp³-hybridized carbons (Fsp3) is 0.368. The molecular formula is C19H23NO. The highest BCUT2D eigenvalue weighted by Crippen LogP contribution is 2.36. The molecule has 0 aliphatic heterocycles. The third-order valence-corrected chi connectivity index (χ3v) is 4.79. The summed E-state index contributed by atoms with van der Waals surface area (Å²) in [5.41, 5.74) is 2.70. The lowest BCUT2D eigenvalue weighted by molar-refractivity contribution is 0.275. The maximum atomic E-state index is 10.0. The Labute approximate surface area is 126 Å². The Balaban J connectivity index is 2.07. The van der Waals surface area contributed by atoms with Crippen molar-refractivity contribution in [2.75, 3.05) is 13.6 Å². The summed E-state index contributed by atoms with van der Waals surface area (Å²) in [6, 6.07) is 10.3. The third kappa shape index (κ3) is 2.63. The number of phenolic OH excluding ortho intramolecular Hbond substituents is 1. The van der Waals surface area contributed by atoms with Crippen molar-refractivity contribution in [3.8, 4) is 5.75 Å². The van der Waals surface area contributed by atoms with Crippen LogP contribution >= 0.6 is 0 Å². The molecule has 2 atom stereocenters. The Bertz CT molecular complexity index is 677. The molecule has 3 rings (SSSR count). The maximum absolute atomic E-state index is 10.0. The first-order valence-electron chi connectivity index (χ1n) is 7.64. The van der Waals surface area contributed by atoms with Crippen molar-refractivity contribution < 1.29 is 5.11 Å². The van der Waals surface area contributed by atoms with Gasteiger partial charge in [-0.25, -0.2) is 0 Å². The summed E-state index contributed by atoms with van der Waals surface area (Å²) in [6.07, 6.45) is 4.01. The van der Waals surface area contributed by atoms with E-state index in [0.717, 1.165) is 24.8 Å². The van der Waals surface area contributed by atoms with Crippen molar-refractivity contribution in [2.45, 2.75) is 19.8 Å². The summed E-state index contributed by atoms with van der Waals surface area (Å²) < 4.78 is 0. The Kier molecular flexibility index (Phi) is 3.62. The van der Waals surface area contributed by atoms with Gasteiger partial charge in [0.1, 0.15) is 5.75 Å². The van der Waals surface area contributed by atoms with E-state index in [1.54, 1.807) is 0 Å². The van der Waals surface area contributed by atoms with E-state index < -0.39 is 0 Å². The van der Waals surface area contributed by atoms with Crippen LogP contribution in [0.2, 0.25) is 0 Å². The van der Waals surface area contributed by atoms with E-state index in [4.69, 9.17) is 0 Å². The molecule has 0 radical (unpaired) electrons. The van der Waals surface area contributed by atoms with E-state index in [9.17, 15) is 5.11 Å². The number of phenols is 1. The monoisotopic (exact) mass is 281 g/mol. The van der Waals surface area contributed by atoms with Crippen molar-refractivity contribution in [1.82, 2.24) is 4.90 Å². The van der Waals surface area contributed by atoms with Crippen molar-refractivity contribution in [3.63, 3.8) is 0 Å². The lowest BCUT2D eigenvalue weighted by atomic mass is 9.87. The number of hydrogen-bond acceptors (Lipinski definition) is 2. The van der Waals surface area contributed by atoms with Gasteiger partial charge in [0.05, 0.1) is 0 Å². The zero-order valence-electron chi connectivity index (χ0n) is 12.8. The van der Waals surface area contributed by atoms with Gasteiger partial charge in [-0.1, -0.05) is 31.7 Å². The Morgan fingerprint density at radius 3 is 2.86 bits per heavy atom. The van der Waals surface area contributed by atoms with Crippen LogP contribution in [0.4, 0.5) is 0 Å². The fourth-order valence-electron chi connectivity index (χ4n) is 3.60. The van der Waals surface area contributed by atoms with Crippen LogP contribution in [-0.4, -0.2) is 23.6 Å². The van der Waals surface area contributed by atoms with Crippen LogP contribution in [0.1, 0.15) is 18.1 Å². The average Bonchev–Trinajstić information content (AvgIpc) is 2.57. The molecule has 2 heteroatoms. The van der Waals surface area contributed by atoms with Gasteiger partial charge >= 0.3 is 0 Å². The minimum atomic E-state index is 0.375. The second-order valence-electron chi connectivity index (χ2n) is 6.39. The summed E-state index contributed by atoms with van der Waals surface area (Å²) in [4.78, 5) is 2.16. The Hall–Kier alpha value is -1.96. The molecule has 2 unspecified atom stereocenters. The minimum absolute atomic E-state index is 0.375. The smallest absolute Gasteiger partial charge is 0.116 e. The van der Waals surface area contributed by atoms with Gasteiger partial charge in [0.25, 0.3) is 0 Å². The quantitative estimate of drug-likeness (QED) is 0.920. The van der Waals surface area contributed by atoms with E-state index >= 15 is 0 Å². The van der Waals surface area contributed by atoms with Gasteiger partial charge in [-0.05, 0) is 64.9 Å². The highest BCUT2D eigenvalue weighted by molar-refractivity contribution is 5.90. The molecule has 1 aliphatic rings. The van der Waals surface area contributed by atoms with Crippen LogP contribution in [0.15, 0.2) is 43.1 Å². The summed E-state index contributed by atoms with van der Waals surface area (Å²) in [7, 11) is 2.08. The van der Waals surface area contributed by atoms with E-state index in [1.807, 2.05) is 18.3 Å². The Morgan fingerprint density at radius 2 is 2.10 bits per heavy atom. The van der Waals surface area contributed by atoms with Crippen LogP contribution in [-0.2, 0) is 12.8 Å². The number of rotatable bonds is 3. The minimum Gasteiger partial charge on any atom is -0.508 e. The van der Waals surface area contributed by atoms with Gasteiger partial charge in [-0.2, -0.15) is 0 Å². The summed E-state index contributed by atoms with van der Waals surface area (Å²) in [5, 5.41) is 12.5. The lowest BCUT2D eigenvalue weighted by Crippen LogP contribution is -2.27. The molecule has 2 aromatic rings. The van der Waals surface area contributed by atoms with Crippen LogP contribution in [0.3, 0.4) is 0 Å². The van der Waals surface area contributed by atoms with E-state index in [-0.39, 0.29) is 0 Å².